The van der Waals surface area contributed by atoms with E-state index in [0.717, 1.165) is 18.5 Å². The number of rotatable bonds is 4. The van der Waals surface area contributed by atoms with E-state index >= 15 is 0 Å². The van der Waals surface area contributed by atoms with E-state index in [1.807, 2.05) is 0 Å². The Hall–Kier alpha value is -0.880. The van der Waals surface area contributed by atoms with Crippen molar-refractivity contribution in [1.82, 2.24) is 10.0 Å². The highest BCUT2D eigenvalue weighted by atomic mass is 35.5. The predicted molar refractivity (Wildman–Crippen MR) is 73.8 cm³/mol. The lowest BCUT2D eigenvalue weighted by Gasteiger charge is -2.08. The zero-order valence-electron chi connectivity index (χ0n) is 9.77. The second-order valence-electron chi connectivity index (χ2n) is 4.21. The van der Waals surface area contributed by atoms with Gasteiger partial charge in [-0.3, -0.25) is 0 Å². The molecule has 0 bridgehead atoms. The molecule has 4 nitrogen and oxygen atoms in total. The largest absolute Gasteiger partial charge is 0.315 e. The minimum absolute atomic E-state index is 0.00938. The summed E-state index contributed by atoms with van der Waals surface area (Å²) in [6, 6.07) is 6.98. The van der Waals surface area contributed by atoms with E-state index in [-0.39, 0.29) is 6.04 Å². The van der Waals surface area contributed by atoms with Crippen LogP contribution in [-0.2, 0) is 10.0 Å². The number of sulfonamides is 1. The lowest BCUT2D eigenvalue weighted by Crippen LogP contribution is -2.34. The Morgan fingerprint density at radius 2 is 2.06 bits per heavy atom. The average molecular weight is 287 g/mol. The van der Waals surface area contributed by atoms with Crippen LogP contribution in [0.4, 0.5) is 0 Å². The van der Waals surface area contributed by atoms with Crippen LogP contribution in [0.1, 0.15) is 12.0 Å². The van der Waals surface area contributed by atoms with Gasteiger partial charge in [-0.15, -0.1) is 0 Å². The number of halogens is 1. The zero-order chi connectivity index (χ0) is 13.0. The highest BCUT2D eigenvalue weighted by Crippen LogP contribution is 2.11. The summed E-state index contributed by atoms with van der Waals surface area (Å²) in [6.07, 6.45) is 2.38. The van der Waals surface area contributed by atoms with Gasteiger partial charge in [0.1, 0.15) is 0 Å². The van der Waals surface area contributed by atoms with Gasteiger partial charge in [0, 0.05) is 23.0 Å². The molecule has 2 rings (SSSR count). The summed E-state index contributed by atoms with van der Waals surface area (Å²) in [5.74, 6) is 0. The van der Waals surface area contributed by atoms with Crippen LogP contribution in [-0.4, -0.2) is 27.5 Å². The summed E-state index contributed by atoms with van der Waals surface area (Å²) in [7, 11) is -3.38. The van der Waals surface area contributed by atoms with E-state index in [9.17, 15) is 8.42 Å². The van der Waals surface area contributed by atoms with Crippen molar-refractivity contribution in [3.63, 3.8) is 0 Å². The molecule has 0 radical (unpaired) electrons. The van der Waals surface area contributed by atoms with Crippen LogP contribution >= 0.6 is 11.6 Å². The van der Waals surface area contributed by atoms with Crippen molar-refractivity contribution in [1.29, 1.82) is 0 Å². The van der Waals surface area contributed by atoms with Crippen molar-refractivity contribution >= 4 is 27.7 Å². The summed E-state index contributed by atoms with van der Waals surface area (Å²) < 4.78 is 26.2. The third kappa shape index (κ3) is 4.10. The van der Waals surface area contributed by atoms with Crippen LogP contribution < -0.4 is 10.0 Å². The second-order valence-corrected chi connectivity index (χ2v) is 6.24. The van der Waals surface area contributed by atoms with Crippen molar-refractivity contribution in [3.8, 4) is 0 Å². The van der Waals surface area contributed by atoms with Crippen LogP contribution in [0.3, 0.4) is 0 Å². The first kappa shape index (κ1) is 13.5. The predicted octanol–water partition coefficient (Wildman–Crippen LogP) is 1.59. The molecule has 1 aliphatic heterocycles. The van der Waals surface area contributed by atoms with E-state index in [4.69, 9.17) is 11.6 Å². The Bertz CT molecular complexity index is 520. The normalized spacial score (nSPS) is 20.6. The maximum absolute atomic E-state index is 11.8. The van der Waals surface area contributed by atoms with Gasteiger partial charge >= 0.3 is 0 Å². The summed E-state index contributed by atoms with van der Waals surface area (Å²) in [5.41, 5.74) is 0.800. The van der Waals surface area contributed by atoms with Crippen LogP contribution in [0.25, 0.3) is 6.08 Å². The van der Waals surface area contributed by atoms with Crippen LogP contribution in [0, 0.1) is 0 Å². The van der Waals surface area contributed by atoms with E-state index < -0.39 is 10.0 Å². The molecule has 1 fully saturated rings. The Morgan fingerprint density at radius 3 is 2.67 bits per heavy atom. The molecule has 0 aliphatic carbocycles. The van der Waals surface area contributed by atoms with E-state index in [1.165, 1.54) is 5.41 Å². The molecule has 1 saturated heterocycles. The summed E-state index contributed by atoms with van der Waals surface area (Å²) >= 11 is 5.75. The molecule has 1 aliphatic rings. The third-order valence-electron chi connectivity index (χ3n) is 2.70. The van der Waals surface area contributed by atoms with Gasteiger partial charge < -0.3 is 5.32 Å². The van der Waals surface area contributed by atoms with Crippen molar-refractivity contribution in [3.05, 3.63) is 40.3 Å². The van der Waals surface area contributed by atoms with Gasteiger partial charge in [0.05, 0.1) is 0 Å². The molecule has 1 aromatic carbocycles. The van der Waals surface area contributed by atoms with Crippen molar-refractivity contribution < 1.29 is 8.42 Å². The molecule has 0 amide bonds. The lowest BCUT2D eigenvalue weighted by molar-refractivity contribution is 0.569. The number of benzene rings is 1. The first-order valence-corrected chi connectivity index (χ1v) is 7.64. The molecule has 1 aromatic rings. The molecular formula is C12H15ClN2O2S. The van der Waals surface area contributed by atoms with Gasteiger partial charge in [-0.05, 0) is 36.7 Å². The summed E-state index contributed by atoms with van der Waals surface area (Å²) in [5, 5.41) is 4.93. The van der Waals surface area contributed by atoms with Crippen LogP contribution in [0.2, 0.25) is 5.02 Å². The minimum atomic E-state index is -3.38. The fourth-order valence-corrected chi connectivity index (χ4v) is 2.98. The molecule has 0 spiro atoms. The van der Waals surface area contributed by atoms with Crippen molar-refractivity contribution in [2.24, 2.45) is 0 Å². The maximum Gasteiger partial charge on any atom is 0.234 e. The fourth-order valence-electron chi connectivity index (χ4n) is 1.77. The number of hydrogen-bond donors (Lipinski definition) is 2. The van der Waals surface area contributed by atoms with Gasteiger partial charge in [0.25, 0.3) is 0 Å². The molecule has 18 heavy (non-hydrogen) atoms. The summed E-state index contributed by atoms with van der Waals surface area (Å²) in [4.78, 5) is 0. The smallest absolute Gasteiger partial charge is 0.234 e. The third-order valence-corrected chi connectivity index (χ3v) is 4.11. The molecule has 0 saturated carbocycles. The maximum atomic E-state index is 11.8. The van der Waals surface area contributed by atoms with Crippen LogP contribution in [0.5, 0.6) is 0 Å². The molecule has 0 unspecified atom stereocenters. The Kier molecular flexibility index (Phi) is 4.40. The molecule has 98 valence electrons. The van der Waals surface area contributed by atoms with Gasteiger partial charge in [-0.25, -0.2) is 13.1 Å². The summed E-state index contributed by atoms with van der Waals surface area (Å²) in [6.45, 7) is 1.54. The molecule has 6 heteroatoms. The van der Waals surface area contributed by atoms with Gasteiger partial charge in [0.2, 0.25) is 10.0 Å². The standard InChI is InChI=1S/C12H15ClN2O2S/c13-11-3-1-10(2-4-11)6-8-18(16,17)15-12-5-7-14-9-12/h1-4,6,8,12,14-15H,5,7,9H2/t12-/m0/s1. The average Bonchev–Trinajstić information content (AvgIpc) is 2.80. The van der Waals surface area contributed by atoms with E-state index in [0.29, 0.717) is 11.6 Å². The fraction of sp³-hybridized carbons (Fsp3) is 0.333. The zero-order valence-corrected chi connectivity index (χ0v) is 11.3. The highest BCUT2D eigenvalue weighted by Gasteiger charge is 2.18. The highest BCUT2D eigenvalue weighted by molar-refractivity contribution is 7.92. The van der Waals surface area contributed by atoms with E-state index in [1.54, 1.807) is 30.3 Å². The molecule has 1 atom stereocenters. The minimum Gasteiger partial charge on any atom is -0.315 e. The molecule has 1 heterocycles. The second kappa shape index (κ2) is 5.84. The molecule has 0 aromatic heterocycles. The topological polar surface area (TPSA) is 58.2 Å². The van der Waals surface area contributed by atoms with Crippen molar-refractivity contribution in [2.75, 3.05) is 13.1 Å². The molecule has 2 N–H and O–H groups in total. The monoisotopic (exact) mass is 286 g/mol. The Morgan fingerprint density at radius 1 is 1.33 bits per heavy atom. The first-order valence-electron chi connectivity index (χ1n) is 5.72. The number of hydrogen-bond acceptors (Lipinski definition) is 3. The molecular weight excluding hydrogens is 272 g/mol. The van der Waals surface area contributed by atoms with Gasteiger partial charge in [0.15, 0.2) is 0 Å². The first-order chi connectivity index (χ1) is 8.55. The Labute approximate surface area is 112 Å². The van der Waals surface area contributed by atoms with Gasteiger partial charge in [-0.1, -0.05) is 23.7 Å². The van der Waals surface area contributed by atoms with E-state index in [2.05, 4.69) is 10.0 Å². The Balaban J connectivity index is 2.00. The van der Waals surface area contributed by atoms with Crippen molar-refractivity contribution in [2.45, 2.75) is 12.5 Å². The quantitative estimate of drug-likeness (QED) is 0.884. The van der Waals surface area contributed by atoms with Crippen LogP contribution in [0.15, 0.2) is 29.7 Å². The lowest BCUT2D eigenvalue weighted by atomic mass is 10.2. The SMILES string of the molecule is O=S(=O)(C=Cc1ccc(Cl)cc1)N[C@H]1CCNC1. The number of nitrogens with one attached hydrogen (secondary N) is 2. The van der Waals surface area contributed by atoms with Gasteiger partial charge in [-0.2, -0.15) is 0 Å².